The number of unbranched alkanes of at least 4 members (excludes halogenated alkanes) is 4. The van der Waals surface area contributed by atoms with Crippen LogP contribution in [-0.2, 0) is 0 Å². The highest BCUT2D eigenvalue weighted by Crippen LogP contribution is 2.21. The SMILES string of the molecule is SCCCCC[C@H](S)[C@@H](S)CCCCCS. The van der Waals surface area contributed by atoms with Crippen molar-refractivity contribution in [2.24, 2.45) is 0 Å². The molecule has 0 heterocycles. The van der Waals surface area contributed by atoms with Crippen molar-refractivity contribution in [3.63, 3.8) is 0 Å². The molecule has 0 N–H and O–H groups in total. The smallest absolute Gasteiger partial charge is 0.0133 e. The van der Waals surface area contributed by atoms with E-state index in [4.69, 9.17) is 0 Å². The summed E-state index contributed by atoms with van der Waals surface area (Å²) in [5.41, 5.74) is 0. The van der Waals surface area contributed by atoms with Gasteiger partial charge in [0.25, 0.3) is 0 Å². The summed E-state index contributed by atoms with van der Waals surface area (Å²) in [4.78, 5) is 0. The summed E-state index contributed by atoms with van der Waals surface area (Å²) in [6, 6.07) is 0. The van der Waals surface area contributed by atoms with Crippen LogP contribution in [0.4, 0.5) is 0 Å². The molecule has 98 valence electrons. The van der Waals surface area contributed by atoms with Crippen LogP contribution < -0.4 is 0 Å². The van der Waals surface area contributed by atoms with Crippen molar-refractivity contribution < 1.29 is 0 Å². The molecule has 0 aromatic heterocycles. The van der Waals surface area contributed by atoms with E-state index >= 15 is 0 Å². The number of thiol groups is 4. The zero-order chi connectivity index (χ0) is 12.2. The minimum absolute atomic E-state index is 0.458. The fourth-order valence-electron chi connectivity index (χ4n) is 1.67. The van der Waals surface area contributed by atoms with Crippen molar-refractivity contribution >= 4 is 50.5 Å². The summed E-state index contributed by atoms with van der Waals surface area (Å²) in [6.45, 7) is 0. The van der Waals surface area contributed by atoms with Crippen LogP contribution in [0.1, 0.15) is 51.4 Å². The van der Waals surface area contributed by atoms with E-state index in [9.17, 15) is 0 Å². The van der Waals surface area contributed by atoms with E-state index in [1.807, 2.05) is 0 Å². The van der Waals surface area contributed by atoms with Crippen LogP contribution in [-0.4, -0.2) is 22.0 Å². The predicted octanol–water partition coefficient (Wildman–Crippen LogP) is 4.56. The molecule has 4 heteroatoms. The Kier molecular flexibility index (Phi) is 14.0. The first-order valence-electron chi connectivity index (χ1n) is 6.30. The van der Waals surface area contributed by atoms with Crippen molar-refractivity contribution in [3.05, 3.63) is 0 Å². The van der Waals surface area contributed by atoms with Gasteiger partial charge in [-0.3, -0.25) is 0 Å². The van der Waals surface area contributed by atoms with Gasteiger partial charge < -0.3 is 0 Å². The molecule has 16 heavy (non-hydrogen) atoms. The summed E-state index contributed by atoms with van der Waals surface area (Å²) in [5, 5.41) is 0.915. The Morgan fingerprint density at radius 3 is 1.25 bits per heavy atom. The van der Waals surface area contributed by atoms with Crippen LogP contribution in [0.3, 0.4) is 0 Å². The minimum atomic E-state index is 0.458. The van der Waals surface area contributed by atoms with Gasteiger partial charge in [0.2, 0.25) is 0 Å². The van der Waals surface area contributed by atoms with E-state index < -0.39 is 0 Å². The Bertz CT molecular complexity index is 125. The number of hydrogen-bond donors (Lipinski definition) is 4. The van der Waals surface area contributed by atoms with E-state index in [-0.39, 0.29) is 0 Å². The summed E-state index contributed by atoms with van der Waals surface area (Å²) in [6.07, 6.45) is 9.92. The van der Waals surface area contributed by atoms with Crippen LogP contribution >= 0.6 is 50.5 Å². The Morgan fingerprint density at radius 2 is 0.938 bits per heavy atom. The highest BCUT2D eigenvalue weighted by Gasteiger charge is 2.12. The van der Waals surface area contributed by atoms with E-state index in [1.165, 1.54) is 51.4 Å². The molecule has 0 bridgehead atoms. The average molecular weight is 299 g/mol. The monoisotopic (exact) mass is 298 g/mol. The fraction of sp³-hybridized carbons (Fsp3) is 1.00. The second-order valence-corrected chi connectivity index (χ2v) is 6.50. The maximum atomic E-state index is 4.64. The lowest BCUT2D eigenvalue weighted by Crippen LogP contribution is -2.15. The third-order valence-electron chi connectivity index (χ3n) is 2.76. The third-order valence-corrected chi connectivity index (χ3v) is 4.86. The first kappa shape index (κ1) is 17.4. The molecule has 0 nitrogen and oxygen atoms in total. The van der Waals surface area contributed by atoms with Gasteiger partial charge in [0.1, 0.15) is 0 Å². The first-order chi connectivity index (χ1) is 7.72. The van der Waals surface area contributed by atoms with E-state index in [0.717, 1.165) is 11.5 Å². The Balaban J connectivity index is 3.38. The average Bonchev–Trinajstić information content (AvgIpc) is 2.29. The molecule has 0 aromatic carbocycles. The van der Waals surface area contributed by atoms with Gasteiger partial charge in [0.15, 0.2) is 0 Å². The van der Waals surface area contributed by atoms with E-state index in [0.29, 0.717) is 10.5 Å². The highest BCUT2D eigenvalue weighted by molar-refractivity contribution is 7.85. The van der Waals surface area contributed by atoms with Crippen LogP contribution in [0, 0.1) is 0 Å². The molecular formula is C12H26S4. The fourth-order valence-corrected chi connectivity index (χ4v) is 2.78. The standard InChI is InChI=1S/C12H26S4/c13-9-5-1-3-7-11(15)12(16)8-4-2-6-10-14/h11-16H,1-10H2/t11-,12-/m0/s1. The zero-order valence-electron chi connectivity index (χ0n) is 10.0. The maximum absolute atomic E-state index is 4.64. The van der Waals surface area contributed by atoms with Crippen LogP contribution in [0.15, 0.2) is 0 Å². The molecule has 2 atom stereocenters. The van der Waals surface area contributed by atoms with E-state index in [1.54, 1.807) is 0 Å². The molecule has 0 rings (SSSR count). The predicted molar refractivity (Wildman–Crippen MR) is 90.2 cm³/mol. The van der Waals surface area contributed by atoms with Gasteiger partial charge in [-0.25, -0.2) is 0 Å². The summed E-state index contributed by atoms with van der Waals surface area (Å²) in [5.74, 6) is 2.01. The second-order valence-electron chi connectivity index (χ2n) is 4.28. The topological polar surface area (TPSA) is 0 Å². The lowest BCUT2D eigenvalue weighted by molar-refractivity contribution is 0.588. The molecule has 0 unspecified atom stereocenters. The van der Waals surface area contributed by atoms with Gasteiger partial charge in [-0.2, -0.15) is 50.5 Å². The normalized spacial score (nSPS) is 15.0. The molecule has 0 amide bonds. The van der Waals surface area contributed by atoms with Crippen molar-refractivity contribution in [2.45, 2.75) is 61.9 Å². The molecule has 0 aliphatic heterocycles. The molecule has 0 aromatic rings. The van der Waals surface area contributed by atoms with Crippen LogP contribution in [0.5, 0.6) is 0 Å². The van der Waals surface area contributed by atoms with Crippen molar-refractivity contribution in [3.8, 4) is 0 Å². The van der Waals surface area contributed by atoms with Gasteiger partial charge in [0, 0.05) is 10.5 Å². The van der Waals surface area contributed by atoms with Crippen molar-refractivity contribution in [2.75, 3.05) is 11.5 Å². The molecule has 0 radical (unpaired) electrons. The maximum Gasteiger partial charge on any atom is 0.0133 e. The molecule has 0 aliphatic rings. The zero-order valence-corrected chi connectivity index (χ0v) is 13.6. The lowest BCUT2D eigenvalue weighted by Gasteiger charge is -2.18. The van der Waals surface area contributed by atoms with Gasteiger partial charge in [-0.1, -0.05) is 25.7 Å². The molecule has 0 aliphatic carbocycles. The molecule has 0 saturated heterocycles. The molecule has 0 fully saturated rings. The minimum Gasteiger partial charge on any atom is -0.179 e. The molecule has 0 saturated carbocycles. The lowest BCUT2D eigenvalue weighted by atomic mass is 10.1. The largest absolute Gasteiger partial charge is 0.179 e. The summed E-state index contributed by atoms with van der Waals surface area (Å²) >= 11 is 17.7. The number of rotatable bonds is 11. The Hall–Kier alpha value is 1.40. The quantitative estimate of drug-likeness (QED) is 0.312. The van der Waals surface area contributed by atoms with Gasteiger partial charge in [-0.15, -0.1) is 0 Å². The van der Waals surface area contributed by atoms with Crippen molar-refractivity contribution in [1.82, 2.24) is 0 Å². The Labute approximate surface area is 123 Å². The number of hydrogen-bond acceptors (Lipinski definition) is 4. The molecular weight excluding hydrogens is 272 g/mol. The van der Waals surface area contributed by atoms with Gasteiger partial charge >= 0.3 is 0 Å². The van der Waals surface area contributed by atoms with Crippen LogP contribution in [0.25, 0.3) is 0 Å². The first-order valence-corrected chi connectivity index (χ1v) is 8.60. The summed E-state index contributed by atoms with van der Waals surface area (Å²) < 4.78 is 0. The summed E-state index contributed by atoms with van der Waals surface area (Å²) in [7, 11) is 0. The van der Waals surface area contributed by atoms with Crippen LogP contribution in [0.2, 0.25) is 0 Å². The second kappa shape index (κ2) is 12.8. The van der Waals surface area contributed by atoms with Gasteiger partial charge in [-0.05, 0) is 37.2 Å². The molecule has 0 spiro atoms. The highest BCUT2D eigenvalue weighted by atomic mass is 32.1. The van der Waals surface area contributed by atoms with Crippen molar-refractivity contribution in [1.29, 1.82) is 0 Å². The third kappa shape index (κ3) is 10.5. The van der Waals surface area contributed by atoms with E-state index in [2.05, 4.69) is 50.5 Å². The Morgan fingerprint density at radius 1 is 0.562 bits per heavy atom. The van der Waals surface area contributed by atoms with Gasteiger partial charge in [0.05, 0.1) is 0 Å².